The minimum absolute atomic E-state index is 0.0132. The molecule has 0 aliphatic carbocycles. The van der Waals surface area contributed by atoms with Crippen molar-refractivity contribution in [1.82, 2.24) is 4.98 Å². The Morgan fingerprint density at radius 2 is 1.59 bits per heavy atom. The van der Waals surface area contributed by atoms with Crippen molar-refractivity contribution in [1.29, 1.82) is 0 Å². The maximum atomic E-state index is 12.3. The smallest absolute Gasteiger partial charge is 0.250 e. The molecule has 0 aliphatic heterocycles. The summed E-state index contributed by atoms with van der Waals surface area (Å²) in [5.74, 6) is 0.572. The van der Waals surface area contributed by atoms with Gasteiger partial charge in [0.15, 0.2) is 0 Å². The molecule has 0 spiro atoms. The summed E-state index contributed by atoms with van der Waals surface area (Å²) in [4.78, 5) is 17.1. The third-order valence-electron chi connectivity index (χ3n) is 4.92. The SMILES string of the molecule is COc1ccccc1-c1cccc(-c2cccc(NC(=O)COCc3ccccc3)c2)n1. The van der Waals surface area contributed by atoms with E-state index in [2.05, 4.69) is 5.32 Å². The second-order valence-electron chi connectivity index (χ2n) is 7.22. The summed E-state index contributed by atoms with van der Waals surface area (Å²) < 4.78 is 11.0. The summed E-state index contributed by atoms with van der Waals surface area (Å²) in [6.07, 6.45) is 0. The number of pyridine rings is 1. The van der Waals surface area contributed by atoms with Crippen LogP contribution >= 0.6 is 0 Å². The number of methoxy groups -OCH3 is 1. The molecule has 0 saturated heterocycles. The predicted molar refractivity (Wildman–Crippen MR) is 126 cm³/mol. The molecule has 0 aliphatic rings. The molecule has 4 aromatic rings. The molecule has 5 heteroatoms. The number of hydrogen-bond acceptors (Lipinski definition) is 4. The lowest BCUT2D eigenvalue weighted by Crippen LogP contribution is -2.18. The highest BCUT2D eigenvalue weighted by atomic mass is 16.5. The second-order valence-corrected chi connectivity index (χ2v) is 7.22. The third-order valence-corrected chi connectivity index (χ3v) is 4.92. The predicted octanol–water partition coefficient (Wildman–Crippen LogP) is 5.58. The summed E-state index contributed by atoms with van der Waals surface area (Å²) in [5, 5.41) is 2.89. The maximum Gasteiger partial charge on any atom is 0.250 e. The second kappa shape index (κ2) is 10.4. The van der Waals surface area contributed by atoms with Crippen LogP contribution in [0.2, 0.25) is 0 Å². The van der Waals surface area contributed by atoms with Crippen LogP contribution in [0.4, 0.5) is 5.69 Å². The monoisotopic (exact) mass is 424 g/mol. The van der Waals surface area contributed by atoms with Crippen molar-refractivity contribution in [3.8, 4) is 28.3 Å². The molecule has 1 aromatic heterocycles. The summed E-state index contributed by atoms with van der Waals surface area (Å²) in [5.41, 5.74) is 5.19. The summed E-state index contributed by atoms with van der Waals surface area (Å²) in [6, 6.07) is 31.1. The molecule has 0 atom stereocenters. The molecule has 1 heterocycles. The number of carbonyl (C=O) groups excluding carboxylic acids is 1. The molecule has 1 N–H and O–H groups in total. The molecule has 0 fully saturated rings. The normalized spacial score (nSPS) is 10.5. The average molecular weight is 425 g/mol. The van der Waals surface area contributed by atoms with Gasteiger partial charge in [0.1, 0.15) is 12.4 Å². The first kappa shape index (κ1) is 21.3. The number of amides is 1. The van der Waals surface area contributed by atoms with Crippen LogP contribution in [0.3, 0.4) is 0 Å². The third kappa shape index (κ3) is 5.39. The van der Waals surface area contributed by atoms with Crippen LogP contribution in [0.25, 0.3) is 22.5 Å². The van der Waals surface area contributed by atoms with Gasteiger partial charge in [0.05, 0.1) is 25.1 Å². The van der Waals surface area contributed by atoms with Crippen LogP contribution in [0.15, 0.2) is 97.1 Å². The van der Waals surface area contributed by atoms with E-state index in [9.17, 15) is 4.79 Å². The number of aromatic nitrogens is 1. The number of benzene rings is 3. The molecule has 4 rings (SSSR count). The van der Waals surface area contributed by atoms with Crippen LogP contribution in [-0.4, -0.2) is 24.6 Å². The van der Waals surface area contributed by atoms with E-state index >= 15 is 0 Å². The molecule has 5 nitrogen and oxygen atoms in total. The quantitative estimate of drug-likeness (QED) is 0.401. The van der Waals surface area contributed by atoms with Gasteiger partial charge in [-0.25, -0.2) is 4.98 Å². The fraction of sp³-hybridized carbons (Fsp3) is 0.111. The van der Waals surface area contributed by atoms with Gasteiger partial charge in [-0.2, -0.15) is 0 Å². The number of ether oxygens (including phenoxy) is 2. The Morgan fingerprint density at radius 3 is 2.44 bits per heavy atom. The molecule has 0 bridgehead atoms. The van der Waals surface area contributed by atoms with Crippen molar-refractivity contribution in [2.45, 2.75) is 6.61 Å². The van der Waals surface area contributed by atoms with Crippen molar-refractivity contribution in [3.63, 3.8) is 0 Å². The summed E-state index contributed by atoms with van der Waals surface area (Å²) in [7, 11) is 1.65. The van der Waals surface area contributed by atoms with Crippen molar-refractivity contribution < 1.29 is 14.3 Å². The molecule has 160 valence electrons. The Bertz CT molecular complexity index is 1190. The van der Waals surface area contributed by atoms with E-state index in [-0.39, 0.29) is 12.5 Å². The minimum atomic E-state index is -0.200. The number of nitrogens with one attached hydrogen (secondary N) is 1. The number of nitrogens with zero attached hydrogens (tertiary/aromatic N) is 1. The molecule has 3 aromatic carbocycles. The molecule has 0 radical (unpaired) electrons. The van der Waals surface area contributed by atoms with Crippen molar-refractivity contribution in [2.75, 3.05) is 19.0 Å². The van der Waals surface area contributed by atoms with Gasteiger partial charge in [-0.3, -0.25) is 4.79 Å². The van der Waals surface area contributed by atoms with Gasteiger partial charge in [0.2, 0.25) is 5.91 Å². The Morgan fingerprint density at radius 1 is 0.844 bits per heavy atom. The van der Waals surface area contributed by atoms with E-state index in [0.29, 0.717) is 12.3 Å². The van der Waals surface area contributed by atoms with Gasteiger partial charge in [0, 0.05) is 16.8 Å². The van der Waals surface area contributed by atoms with Crippen molar-refractivity contribution >= 4 is 11.6 Å². The minimum Gasteiger partial charge on any atom is -0.496 e. The molecular formula is C27H24N2O3. The fourth-order valence-electron chi connectivity index (χ4n) is 3.39. The first-order valence-electron chi connectivity index (χ1n) is 10.4. The lowest BCUT2D eigenvalue weighted by molar-refractivity contribution is -0.121. The Kier molecular flexibility index (Phi) is 6.90. The van der Waals surface area contributed by atoms with Gasteiger partial charge in [0.25, 0.3) is 0 Å². The van der Waals surface area contributed by atoms with Crippen molar-refractivity contribution in [2.24, 2.45) is 0 Å². The Hall–Kier alpha value is -3.96. The lowest BCUT2D eigenvalue weighted by Gasteiger charge is -2.10. The fourth-order valence-corrected chi connectivity index (χ4v) is 3.39. The summed E-state index contributed by atoms with van der Waals surface area (Å²) in [6.45, 7) is 0.384. The van der Waals surface area contributed by atoms with Gasteiger partial charge < -0.3 is 14.8 Å². The van der Waals surface area contributed by atoms with Crippen LogP contribution in [0.1, 0.15) is 5.56 Å². The van der Waals surface area contributed by atoms with E-state index in [0.717, 1.165) is 33.8 Å². The summed E-state index contributed by atoms with van der Waals surface area (Å²) >= 11 is 0. The maximum absolute atomic E-state index is 12.3. The van der Waals surface area contributed by atoms with Crippen LogP contribution < -0.4 is 10.1 Å². The van der Waals surface area contributed by atoms with Crippen LogP contribution in [0.5, 0.6) is 5.75 Å². The van der Waals surface area contributed by atoms with E-state index in [1.165, 1.54) is 0 Å². The van der Waals surface area contributed by atoms with E-state index in [4.69, 9.17) is 14.5 Å². The highest BCUT2D eigenvalue weighted by Gasteiger charge is 2.09. The van der Waals surface area contributed by atoms with Gasteiger partial charge in [-0.1, -0.05) is 60.7 Å². The van der Waals surface area contributed by atoms with Crippen molar-refractivity contribution in [3.05, 3.63) is 103 Å². The van der Waals surface area contributed by atoms with Gasteiger partial charge in [-0.15, -0.1) is 0 Å². The largest absolute Gasteiger partial charge is 0.496 e. The molecule has 0 unspecified atom stereocenters. The van der Waals surface area contributed by atoms with E-state index < -0.39 is 0 Å². The van der Waals surface area contributed by atoms with E-state index in [1.807, 2.05) is 97.1 Å². The first-order chi connectivity index (χ1) is 15.7. The molecule has 0 saturated carbocycles. The topological polar surface area (TPSA) is 60.5 Å². The first-order valence-corrected chi connectivity index (χ1v) is 10.4. The van der Waals surface area contributed by atoms with Gasteiger partial charge >= 0.3 is 0 Å². The van der Waals surface area contributed by atoms with Crippen LogP contribution in [0, 0.1) is 0 Å². The zero-order valence-electron chi connectivity index (χ0n) is 17.8. The zero-order valence-corrected chi connectivity index (χ0v) is 17.8. The number of anilines is 1. The molecular weight excluding hydrogens is 400 g/mol. The van der Waals surface area contributed by atoms with Gasteiger partial charge in [-0.05, 0) is 42.0 Å². The van der Waals surface area contributed by atoms with Crippen LogP contribution in [-0.2, 0) is 16.1 Å². The number of hydrogen-bond donors (Lipinski definition) is 1. The Balaban J connectivity index is 1.44. The highest BCUT2D eigenvalue weighted by Crippen LogP contribution is 2.30. The van der Waals surface area contributed by atoms with E-state index in [1.54, 1.807) is 7.11 Å². The number of rotatable bonds is 8. The number of para-hydroxylation sites is 1. The number of carbonyl (C=O) groups is 1. The lowest BCUT2D eigenvalue weighted by atomic mass is 10.1. The molecule has 32 heavy (non-hydrogen) atoms. The standard InChI is InChI=1S/C27H24N2O3/c1-31-26-16-6-5-13-23(26)25-15-8-14-24(29-25)21-11-7-12-22(17-21)28-27(30)19-32-18-20-9-3-2-4-10-20/h2-17H,18-19H2,1H3,(H,28,30). The molecule has 1 amide bonds. The highest BCUT2D eigenvalue weighted by molar-refractivity contribution is 5.92. The Labute approximate surface area is 187 Å². The zero-order chi connectivity index (χ0) is 22.2. The average Bonchev–Trinajstić information content (AvgIpc) is 2.85.